The molecule has 0 aromatic rings. The molecule has 14 aliphatic carbocycles. The molecule has 0 amide bonds. The van der Waals surface area contributed by atoms with Gasteiger partial charge in [-0.15, -0.1) is 0 Å². The first-order valence-electron chi connectivity index (χ1n) is 12.5. The minimum atomic E-state index is 0. The first-order chi connectivity index (χ1) is 12.9. The maximum atomic E-state index is 5.25. The van der Waals surface area contributed by atoms with E-state index in [0.717, 1.165) is 32.5 Å². The van der Waals surface area contributed by atoms with E-state index in [4.69, 9.17) is 1.34 Å². The summed E-state index contributed by atoms with van der Waals surface area (Å²) in [6.07, 6.45) is 6.91. The van der Waals surface area contributed by atoms with Gasteiger partial charge in [0.05, 0.1) is 0 Å². The molecule has 2 heteroatoms. The number of hydrogen-bond donors (Lipinski definition) is 0. The van der Waals surface area contributed by atoms with Gasteiger partial charge in [-0.1, -0.05) is 37.1 Å². The molecule has 0 saturated heterocycles. The van der Waals surface area contributed by atoms with Crippen molar-refractivity contribution in [3.8, 4) is 0 Å². The molecule has 12 unspecified atom stereocenters. The summed E-state index contributed by atoms with van der Waals surface area (Å²) < 4.78 is 5.25. The molecule has 14 aliphatic rings. The summed E-state index contributed by atoms with van der Waals surface area (Å²) in [6.45, 7) is 0. The summed E-state index contributed by atoms with van der Waals surface area (Å²) in [4.78, 5) is 0. The van der Waals surface area contributed by atoms with Crippen LogP contribution in [-0.4, -0.2) is 9.71 Å². The smallest absolute Gasteiger partial charge is 0.0379 e. The van der Waals surface area contributed by atoms with Gasteiger partial charge in [0.1, 0.15) is 0 Å². The fraction of sp³-hybridized carbons (Fsp3) is 1.00. The Balaban J connectivity index is 0.000000221. The van der Waals surface area contributed by atoms with Crippen molar-refractivity contribution in [3.05, 3.63) is 0 Å². The number of hydrogen-bond acceptors (Lipinski definition) is 0. The first kappa shape index (κ1) is 19.9. The molecule has 0 aliphatic heterocycles. The van der Waals surface area contributed by atoms with Crippen molar-refractivity contribution in [2.45, 2.75) is 62.8 Å². The molecule has 14 fully saturated rings. The predicted octanol–water partition coefficient (Wildman–Crippen LogP) is 5.81. The fourth-order valence-electron chi connectivity index (χ4n) is 20.1. The topological polar surface area (TPSA) is 0 Å². The van der Waals surface area contributed by atoms with Gasteiger partial charge >= 0.3 is 0 Å². The third kappa shape index (κ3) is 0.730. The van der Waals surface area contributed by atoms with Gasteiger partial charge in [0, 0.05) is 26.9 Å². The van der Waals surface area contributed by atoms with Crippen molar-refractivity contribution in [1.29, 1.82) is 1.34 Å². The van der Waals surface area contributed by atoms with E-state index in [-0.39, 0.29) is 55.7 Å². The van der Waals surface area contributed by atoms with Crippen molar-refractivity contribution >= 4 is 8.38 Å². The van der Waals surface area contributed by atoms with E-state index in [0.29, 0.717) is 0 Å². The second-order valence-electron chi connectivity index (χ2n) is 14.3. The van der Waals surface area contributed by atoms with Crippen LogP contribution < -0.4 is 0 Å². The molecule has 167 valence electrons. The van der Waals surface area contributed by atoms with Crippen LogP contribution in [0.25, 0.3) is 0 Å². The Morgan fingerprint density at radius 2 is 0.710 bits per heavy atom. The van der Waals surface area contributed by atoms with E-state index < -0.39 is 0 Å². The Morgan fingerprint density at radius 3 is 0.935 bits per heavy atom. The largest absolute Gasteiger partial charge is 0.0776 e. The quantitative estimate of drug-likeness (QED) is 0.405. The molecule has 14 rings (SSSR count). The van der Waals surface area contributed by atoms with Gasteiger partial charge < -0.3 is 0 Å². The van der Waals surface area contributed by atoms with Gasteiger partial charge in [-0.25, -0.2) is 0 Å². The van der Waals surface area contributed by atoms with E-state index in [2.05, 4.69) is 8.38 Å². The van der Waals surface area contributed by atoms with E-state index in [9.17, 15) is 0 Å². The minimum Gasteiger partial charge on any atom is -0.0776 e. The van der Waals surface area contributed by atoms with Crippen LogP contribution in [0.15, 0.2) is 0 Å². The average Bonchev–Trinajstić information content (AvgIpc) is 2.54. The zero-order valence-electron chi connectivity index (χ0n) is 15.9. The van der Waals surface area contributed by atoms with Crippen LogP contribution >= 0.6 is 0 Å². The summed E-state index contributed by atoms with van der Waals surface area (Å²) >= 11 is 0. The Hall–Kier alpha value is 0.649. The average molecular weight is 455 g/mol. The van der Waals surface area contributed by atoms with Crippen molar-refractivity contribution in [2.75, 3.05) is 0 Å². The monoisotopic (exact) mass is 455 g/mol. The van der Waals surface area contributed by atoms with E-state index in [1.807, 2.05) is 0 Å². The molecule has 0 heterocycles. The van der Waals surface area contributed by atoms with Crippen molar-refractivity contribution in [1.82, 2.24) is 0 Å². The van der Waals surface area contributed by atoms with Gasteiger partial charge in [0.25, 0.3) is 0 Å². The Kier molecular flexibility index (Phi) is 2.53. The molecule has 14 saturated carbocycles. The molecule has 0 N–H and O–H groups in total. The van der Waals surface area contributed by atoms with Crippen molar-refractivity contribution in [3.63, 3.8) is 0 Å². The molecule has 6 spiro atoms. The Bertz CT molecular complexity index is 912. The zero-order chi connectivity index (χ0) is 15.9. The van der Waals surface area contributed by atoms with Gasteiger partial charge in [-0.05, 0) is 142 Å². The molecule has 3 radical (unpaired) electrons. The van der Waals surface area contributed by atoms with E-state index >= 15 is 0 Å². The molecule has 0 aromatic heterocycles. The van der Waals surface area contributed by atoms with Crippen LogP contribution in [0, 0.1) is 115 Å². The Labute approximate surface area is 206 Å². The summed E-state index contributed by atoms with van der Waals surface area (Å²) in [5.74, 6) is 18.7. The van der Waals surface area contributed by atoms with E-state index in [1.165, 1.54) is 82.9 Å². The predicted molar refractivity (Wildman–Crippen MR) is 123 cm³/mol. The second-order valence-corrected chi connectivity index (χ2v) is 14.3. The summed E-state index contributed by atoms with van der Waals surface area (Å²) in [7, 11) is 3.75. The fourth-order valence-corrected chi connectivity index (χ4v) is 20.1. The van der Waals surface area contributed by atoms with Gasteiger partial charge in [-0.2, -0.15) is 0 Å². The third-order valence-electron chi connectivity index (χ3n) is 17.7. The Morgan fingerprint density at radius 1 is 0.452 bits per heavy atom. The minimum absolute atomic E-state index is 0. The molecule has 0 nitrogen and oxygen atoms in total. The van der Waals surface area contributed by atoms with Gasteiger partial charge in [0.2, 0.25) is 0 Å². The normalized spacial score (nSPS) is 89.2. The number of rotatable bonds is 0. The standard InChI is InChI=1S/C24H22.5CH4.BH.V/c1-5-2-8-12-17-18-14-10-4-6-3-9-13-16-15-11-7(1)19(5,8)21(11,12)23(15,17)24(16,18)22(13,14)20(6,9)10;;;;;;;/h5-18H,1-4H2;5*1H4;1H;/i;;;;;;1T;. The maximum absolute atomic E-state index is 5.25. The molecule has 12 atom stereocenters. The molecular formula is C29H43BV. The third-order valence-corrected chi connectivity index (χ3v) is 17.7. The second kappa shape index (κ2) is 3.94. The van der Waals surface area contributed by atoms with Gasteiger partial charge in [-0.3, -0.25) is 0 Å². The molecule has 31 heavy (non-hydrogen) atoms. The molecule has 0 bridgehead atoms. The van der Waals surface area contributed by atoms with Crippen LogP contribution in [-0.2, 0) is 18.6 Å². The van der Waals surface area contributed by atoms with Crippen LogP contribution in [0.2, 0.25) is 0 Å². The first-order valence-corrected chi connectivity index (χ1v) is 11.9. The van der Waals surface area contributed by atoms with Crippen LogP contribution in [0.3, 0.4) is 0 Å². The van der Waals surface area contributed by atoms with Crippen molar-refractivity contribution in [2.24, 2.45) is 115 Å². The summed E-state index contributed by atoms with van der Waals surface area (Å²) in [6, 6.07) is 0. The molecular weight excluding hydrogens is 410 g/mol. The van der Waals surface area contributed by atoms with Crippen LogP contribution in [0.1, 0.15) is 62.8 Å². The maximum Gasteiger partial charge on any atom is 0.0379 e. The zero-order valence-corrected chi connectivity index (χ0v) is 16.3. The SMILES string of the molecule is C.C.C.C.C.C1C2CC3C4C5C6C7C8CC9CC%10C%11C%12C%13C%14C1C23C%144C%135C%126C%117C9%108.[3H][B].[V]. The van der Waals surface area contributed by atoms with Crippen molar-refractivity contribution < 1.29 is 18.6 Å². The summed E-state index contributed by atoms with van der Waals surface area (Å²) in [5.41, 5.74) is 6.55. The molecule has 0 aromatic carbocycles. The summed E-state index contributed by atoms with van der Waals surface area (Å²) in [5, 5.41) is 0. The van der Waals surface area contributed by atoms with Crippen LogP contribution in [0.5, 0.6) is 0 Å². The number of fused-ring (bicyclic) bond motifs is 10. The van der Waals surface area contributed by atoms with E-state index in [1.54, 1.807) is 25.7 Å². The van der Waals surface area contributed by atoms with Crippen LogP contribution in [0.4, 0.5) is 0 Å². The van der Waals surface area contributed by atoms with Gasteiger partial charge in [0.15, 0.2) is 0 Å².